The van der Waals surface area contributed by atoms with Gasteiger partial charge in [0, 0.05) is 19.0 Å². The number of fused-ring (bicyclic) bond motifs is 1. The van der Waals surface area contributed by atoms with Crippen molar-refractivity contribution >= 4 is 0 Å². The second-order valence-corrected chi connectivity index (χ2v) is 5.94. The third-order valence-corrected chi connectivity index (χ3v) is 4.29. The summed E-state index contributed by atoms with van der Waals surface area (Å²) in [6, 6.07) is 6.28. The minimum atomic E-state index is -0.487. The lowest BCUT2D eigenvalue weighted by Crippen LogP contribution is -2.46. The van der Waals surface area contributed by atoms with Crippen LogP contribution in [0, 0.1) is 0 Å². The largest absolute Gasteiger partial charge is 0.490 e. The maximum absolute atomic E-state index is 10.1. The van der Waals surface area contributed by atoms with E-state index in [4.69, 9.17) is 9.47 Å². The summed E-state index contributed by atoms with van der Waals surface area (Å²) in [5, 5.41) is 13.5. The Hall–Kier alpha value is -1.26. The van der Waals surface area contributed by atoms with Crippen LogP contribution < -0.4 is 14.8 Å². The highest BCUT2D eigenvalue weighted by Gasteiger charge is 2.34. The molecular formula is C16H23NO3. The lowest BCUT2D eigenvalue weighted by molar-refractivity contribution is -0.0329. The maximum Gasteiger partial charge on any atom is 0.161 e. The Morgan fingerprint density at radius 2 is 1.95 bits per heavy atom. The number of rotatable bonds is 4. The molecule has 4 nitrogen and oxygen atoms in total. The van der Waals surface area contributed by atoms with Crippen molar-refractivity contribution in [2.75, 3.05) is 19.8 Å². The summed E-state index contributed by atoms with van der Waals surface area (Å²) in [6.07, 6.45) is 3.88. The first-order chi connectivity index (χ1) is 9.66. The van der Waals surface area contributed by atoms with Crippen LogP contribution in [0.4, 0.5) is 0 Å². The molecule has 4 heteroatoms. The van der Waals surface area contributed by atoms with Crippen LogP contribution in [0.5, 0.6) is 11.5 Å². The third kappa shape index (κ3) is 2.91. The summed E-state index contributed by atoms with van der Waals surface area (Å²) in [5.41, 5.74) is 0.678. The molecule has 0 aromatic heterocycles. The van der Waals surface area contributed by atoms with Gasteiger partial charge in [-0.25, -0.2) is 0 Å². The molecule has 0 radical (unpaired) electrons. The first-order valence-electron chi connectivity index (χ1n) is 7.52. The predicted molar refractivity (Wildman–Crippen MR) is 77.3 cm³/mol. The van der Waals surface area contributed by atoms with E-state index in [9.17, 15) is 5.11 Å². The molecule has 1 aliphatic heterocycles. The minimum absolute atomic E-state index is 0.191. The van der Waals surface area contributed by atoms with E-state index >= 15 is 0 Å². The fraction of sp³-hybridized carbons (Fsp3) is 0.625. The Labute approximate surface area is 120 Å². The zero-order chi connectivity index (χ0) is 14.0. The highest BCUT2D eigenvalue weighted by atomic mass is 16.5. The number of nitrogens with one attached hydrogen (secondary N) is 1. The Morgan fingerprint density at radius 3 is 2.65 bits per heavy atom. The quantitative estimate of drug-likeness (QED) is 0.887. The molecule has 1 unspecified atom stereocenters. The number of hydrogen-bond acceptors (Lipinski definition) is 4. The summed E-state index contributed by atoms with van der Waals surface area (Å²) in [5.74, 6) is 1.66. The molecule has 20 heavy (non-hydrogen) atoms. The van der Waals surface area contributed by atoms with Gasteiger partial charge in [0.1, 0.15) is 0 Å². The van der Waals surface area contributed by atoms with Gasteiger partial charge in [0.15, 0.2) is 11.5 Å². The van der Waals surface area contributed by atoms with E-state index in [1.54, 1.807) is 0 Å². The van der Waals surface area contributed by atoms with Crippen LogP contribution >= 0.6 is 0 Å². The van der Waals surface area contributed by atoms with Crippen LogP contribution in [-0.4, -0.2) is 30.5 Å². The molecule has 1 saturated carbocycles. The van der Waals surface area contributed by atoms with E-state index in [2.05, 4.69) is 18.3 Å². The molecule has 1 aromatic rings. The van der Waals surface area contributed by atoms with Crippen molar-refractivity contribution in [2.45, 2.75) is 44.2 Å². The Morgan fingerprint density at radius 1 is 1.20 bits per heavy atom. The van der Waals surface area contributed by atoms with Crippen LogP contribution in [0.1, 0.15) is 44.2 Å². The predicted octanol–water partition coefficient (Wildman–Crippen LogP) is 2.41. The molecule has 2 aliphatic rings. The summed E-state index contributed by atoms with van der Waals surface area (Å²) in [6.45, 7) is 4.19. The van der Waals surface area contributed by atoms with Gasteiger partial charge in [0.2, 0.25) is 0 Å². The Kier molecular flexibility index (Phi) is 3.85. The summed E-state index contributed by atoms with van der Waals surface area (Å²) in [4.78, 5) is 0. The monoisotopic (exact) mass is 277 g/mol. The fourth-order valence-electron chi connectivity index (χ4n) is 2.67. The van der Waals surface area contributed by atoms with Gasteiger partial charge in [0.25, 0.3) is 0 Å². The molecule has 1 heterocycles. The van der Waals surface area contributed by atoms with Gasteiger partial charge in [-0.2, -0.15) is 0 Å². The van der Waals surface area contributed by atoms with Gasteiger partial charge >= 0.3 is 0 Å². The zero-order valence-electron chi connectivity index (χ0n) is 12.0. The number of hydrogen-bond donors (Lipinski definition) is 2. The average Bonchev–Trinajstić information content (AvgIpc) is 2.67. The molecule has 1 aromatic carbocycles. The van der Waals surface area contributed by atoms with E-state index < -0.39 is 5.60 Å². The van der Waals surface area contributed by atoms with E-state index in [0.29, 0.717) is 19.8 Å². The van der Waals surface area contributed by atoms with E-state index in [1.807, 2.05) is 12.1 Å². The summed E-state index contributed by atoms with van der Waals surface area (Å²) < 4.78 is 11.4. The highest BCUT2D eigenvalue weighted by Crippen LogP contribution is 2.34. The van der Waals surface area contributed by atoms with Gasteiger partial charge in [-0.3, -0.25) is 0 Å². The maximum atomic E-state index is 10.1. The van der Waals surface area contributed by atoms with E-state index in [0.717, 1.165) is 42.7 Å². The van der Waals surface area contributed by atoms with E-state index in [-0.39, 0.29) is 6.04 Å². The van der Waals surface area contributed by atoms with Crippen LogP contribution in [0.15, 0.2) is 18.2 Å². The van der Waals surface area contributed by atoms with Crippen LogP contribution in [-0.2, 0) is 0 Å². The molecule has 2 N–H and O–H groups in total. The average molecular weight is 277 g/mol. The molecule has 3 rings (SSSR count). The fourth-order valence-corrected chi connectivity index (χ4v) is 2.67. The molecule has 1 aliphatic carbocycles. The van der Waals surface area contributed by atoms with Gasteiger partial charge in [0.05, 0.1) is 18.8 Å². The van der Waals surface area contributed by atoms with Gasteiger partial charge in [-0.15, -0.1) is 0 Å². The molecule has 0 saturated heterocycles. The molecular weight excluding hydrogens is 254 g/mol. The molecule has 1 fully saturated rings. The number of benzene rings is 1. The topological polar surface area (TPSA) is 50.7 Å². The van der Waals surface area contributed by atoms with Crippen molar-refractivity contribution < 1.29 is 14.6 Å². The van der Waals surface area contributed by atoms with Crippen molar-refractivity contribution in [3.05, 3.63) is 23.8 Å². The third-order valence-electron chi connectivity index (χ3n) is 4.29. The smallest absolute Gasteiger partial charge is 0.161 e. The summed E-state index contributed by atoms with van der Waals surface area (Å²) in [7, 11) is 0. The standard InChI is InChI=1S/C16H23NO3/c1-12(17-11-16(18)6-2-7-16)13-4-5-14-15(10-13)20-9-3-8-19-14/h4-5,10,12,17-18H,2-3,6-9,11H2,1H3. The highest BCUT2D eigenvalue weighted by molar-refractivity contribution is 5.44. The second-order valence-electron chi connectivity index (χ2n) is 5.94. The number of aliphatic hydroxyl groups is 1. The molecule has 0 bridgehead atoms. The first kappa shape index (κ1) is 13.7. The Bertz CT molecular complexity index is 471. The molecule has 0 amide bonds. The lowest BCUT2D eigenvalue weighted by atomic mass is 9.80. The minimum Gasteiger partial charge on any atom is -0.490 e. The molecule has 1 atom stereocenters. The SMILES string of the molecule is CC(NCC1(O)CCC1)c1ccc2c(c1)OCCCO2. The normalized spacial score (nSPS) is 21.7. The van der Waals surface area contributed by atoms with Gasteiger partial charge in [-0.05, 0) is 43.9 Å². The van der Waals surface area contributed by atoms with Crippen molar-refractivity contribution in [2.24, 2.45) is 0 Å². The lowest BCUT2D eigenvalue weighted by Gasteiger charge is -2.37. The molecule has 0 spiro atoms. The van der Waals surface area contributed by atoms with E-state index in [1.165, 1.54) is 0 Å². The van der Waals surface area contributed by atoms with Crippen molar-refractivity contribution in [1.29, 1.82) is 0 Å². The van der Waals surface area contributed by atoms with Gasteiger partial charge in [-0.1, -0.05) is 6.07 Å². The second kappa shape index (κ2) is 5.62. The van der Waals surface area contributed by atoms with Crippen molar-refractivity contribution in [3.8, 4) is 11.5 Å². The van der Waals surface area contributed by atoms with Gasteiger partial charge < -0.3 is 19.9 Å². The van der Waals surface area contributed by atoms with Crippen molar-refractivity contribution in [1.82, 2.24) is 5.32 Å². The van der Waals surface area contributed by atoms with Crippen LogP contribution in [0.2, 0.25) is 0 Å². The summed E-state index contributed by atoms with van der Waals surface area (Å²) >= 11 is 0. The zero-order valence-corrected chi connectivity index (χ0v) is 12.0. The first-order valence-corrected chi connectivity index (χ1v) is 7.52. The van der Waals surface area contributed by atoms with Crippen LogP contribution in [0.25, 0.3) is 0 Å². The number of ether oxygens (including phenoxy) is 2. The Balaban J connectivity index is 1.65. The van der Waals surface area contributed by atoms with Crippen LogP contribution in [0.3, 0.4) is 0 Å². The molecule has 110 valence electrons. The van der Waals surface area contributed by atoms with Crippen molar-refractivity contribution in [3.63, 3.8) is 0 Å².